The first-order chi connectivity index (χ1) is 6.40. The minimum atomic E-state index is 0.0180. The van der Waals surface area contributed by atoms with E-state index >= 15 is 0 Å². The fourth-order valence-corrected chi connectivity index (χ4v) is 1.66. The Kier molecular flexibility index (Phi) is 2.37. The zero-order valence-electron chi connectivity index (χ0n) is 6.92. The van der Waals surface area contributed by atoms with Crippen molar-refractivity contribution in [1.29, 1.82) is 0 Å². The Morgan fingerprint density at radius 1 is 1.54 bits per heavy atom. The lowest BCUT2D eigenvalue weighted by molar-refractivity contribution is 0.271. The molecule has 4 nitrogen and oxygen atoms in total. The van der Waals surface area contributed by atoms with E-state index in [4.69, 9.17) is 5.11 Å². The summed E-state index contributed by atoms with van der Waals surface area (Å²) >= 11 is 1.57. The minimum Gasteiger partial charge on any atom is -0.390 e. The first-order valence-electron chi connectivity index (χ1n) is 3.87. The molecule has 0 atom stereocenters. The van der Waals surface area contributed by atoms with Gasteiger partial charge in [-0.15, -0.1) is 11.3 Å². The van der Waals surface area contributed by atoms with Crippen molar-refractivity contribution in [2.24, 2.45) is 0 Å². The maximum Gasteiger partial charge on any atom is 0.0952 e. The zero-order chi connectivity index (χ0) is 9.10. The topological polar surface area (TPSA) is 50.9 Å². The predicted octanol–water partition coefficient (Wildman–Crippen LogP) is 0.880. The Labute approximate surface area is 79.5 Å². The number of hydrogen-bond donors (Lipinski definition) is 1. The molecule has 5 heteroatoms. The molecule has 0 unspecified atom stereocenters. The summed E-state index contributed by atoms with van der Waals surface area (Å²) in [6, 6.07) is 0. The maximum absolute atomic E-state index is 8.96. The average molecular weight is 195 g/mol. The van der Waals surface area contributed by atoms with Crippen molar-refractivity contribution in [3.63, 3.8) is 0 Å². The van der Waals surface area contributed by atoms with Crippen LogP contribution in [-0.4, -0.2) is 19.6 Å². The number of aromatic nitrogens is 3. The van der Waals surface area contributed by atoms with Crippen LogP contribution in [0.15, 0.2) is 23.4 Å². The van der Waals surface area contributed by atoms with E-state index in [0.29, 0.717) is 6.54 Å². The van der Waals surface area contributed by atoms with E-state index < -0.39 is 0 Å². The summed E-state index contributed by atoms with van der Waals surface area (Å²) in [5.41, 5.74) is 3.61. The lowest BCUT2D eigenvalue weighted by atomic mass is 10.4. The third-order valence-corrected chi connectivity index (χ3v) is 2.41. The average Bonchev–Trinajstić information content (AvgIpc) is 2.76. The molecular weight excluding hydrogens is 186 g/mol. The second-order valence-electron chi connectivity index (χ2n) is 2.65. The fraction of sp³-hybridized carbons (Fsp3) is 0.250. The molecule has 2 heterocycles. The molecule has 0 saturated heterocycles. The van der Waals surface area contributed by atoms with Crippen molar-refractivity contribution in [1.82, 2.24) is 14.5 Å². The Morgan fingerprint density at radius 3 is 3.15 bits per heavy atom. The summed E-state index contributed by atoms with van der Waals surface area (Å²) in [6.45, 7) is 0.698. The summed E-state index contributed by atoms with van der Waals surface area (Å²) < 4.78 is 1.88. The van der Waals surface area contributed by atoms with Crippen LogP contribution in [0, 0.1) is 0 Å². The SMILES string of the molecule is OCc1cncn1Cc1cscn1. The predicted molar refractivity (Wildman–Crippen MR) is 49.4 cm³/mol. The molecule has 68 valence electrons. The van der Waals surface area contributed by atoms with Gasteiger partial charge in [-0.3, -0.25) is 0 Å². The van der Waals surface area contributed by atoms with E-state index in [9.17, 15) is 0 Å². The highest BCUT2D eigenvalue weighted by molar-refractivity contribution is 7.07. The third-order valence-electron chi connectivity index (χ3n) is 1.78. The van der Waals surface area contributed by atoms with Crippen LogP contribution in [-0.2, 0) is 13.2 Å². The van der Waals surface area contributed by atoms with Crippen LogP contribution in [0.25, 0.3) is 0 Å². The molecule has 0 aromatic carbocycles. The van der Waals surface area contributed by atoms with Gasteiger partial charge in [0.2, 0.25) is 0 Å². The summed E-state index contributed by atoms with van der Waals surface area (Å²) in [5, 5.41) is 10.9. The highest BCUT2D eigenvalue weighted by Gasteiger charge is 2.01. The standard InChI is InChI=1S/C8H9N3OS/c12-3-8-1-9-5-11(8)2-7-4-13-6-10-7/h1,4-6,12H,2-3H2. The number of aliphatic hydroxyl groups is 1. The molecule has 2 aromatic rings. The van der Waals surface area contributed by atoms with Gasteiger partial charge in [-0.25, -0.2) is 9.97 Å². The van der Waals surface area contributed by atoms with Gasteiger partial charge in [0.25, 0.3) is 0 Å². The lowest BCUT2D eigenvalue weighted by Crippen LogP contribution is -2.02. The number of aliphatic hydroxyl groups excluding tert-OH is 1. The first kappa shape index (κ1) is 8.40. The molecule has 1 N–H and O–H groups in total. The first-order valence-corrected chi connectivity index (χ1v) is 4.81. The summed E-state index contributed by atoms with van der Waals surface area (Å²) in [6.07, 6.45) is 3.36. The molecule has 2 rings (SSSR count). The summed E-state index contributed by atoms with van der Waals surface area (Å²) in [7, 11) is 0. The molecule has 0 saturated carbocycles. The molecule has 0 spiro atoms. The van der Waals surface area contributed by atoms with Crippen LogP contribution in [0.2, 0.25) is 0 Å². The number of imidazole rings is 1. The van der Waals surface area contributed by atoms with E-state index in [2.05, 4.69) is 9.97 Å². The maximum atomic E-state index is 8.96. The summed E-state index contributed by atoms with van der Waals surface area (Å²) in [5.74, 6) is 0. The van der Waals surface area contributed by atoms with Crippen LogP contribution in [0.4, 0.5) is 0 Å². The van der Waals surface area contributed by atoms with Gasteiger partial charge in [0.15, 0.2) is 0 Å². The molecule has 0 bridgehead atoms. The second kappa shape index (κ2) is 3.68. The normalized spacial score (nSPS) is 10.5. The van der Waals surface area contributed by atoms with Crippen molar-refractivity contribution in [3.05, 3.63) is 34.8 Å². The van der Waals surface area contributed by atoms with Gasteiger partial charge in [-0.05, 0) is 0 Å². The molecule has 0 aliphatic rings. The molecule has 0 radical (unpaired) electrons. The van der Waals surface area contributed by atoms with Gasteiger partial charge in [-0.2, -0.15) is 0 Å². The van der Waals surface area contributed by atoms with E-state index in [1.165, 1.54) is 0 Å². The highest BCUT2D eigenvalue weighted by atomic mass is 32.1. The summed E-state index contributed by atoms with van der Waals surface area (Å²) in [4.78, 5) is 8.11. The lowest BCUT2D eigenvalue weighted by Gasteiger charge is -2.02. The Bertz CT molecular complexity index is 368. The van der Waals surface area contributed by atoms with E-state index in [-0.39, 0.29) is 6.61 Å². The van der Waals surface area contributed by atoms with Crippen molar-refractivity contribution >= 4 is 11.3 Å². The van der Waals surface area contributed by atoms with Crippen LogP contribution >= 0.6 is 11.3 Å². The zero-order valence-corrected chi connectivity index (χ0v) is 7.74. The molecule has 0 aliphatic carbocycles. The monoisotopic (exact) mass is 195 g/mol. The molecule has 0 fully saturated rings. The Balaban J connectivity index is 2.18. The number of hydrogen-bond acceptors (Lipinski definition) is 4. The van der Waals surface area contributed by atoms with Crippen molar-refractivity contribution < 1.29 is 5.11 Å². The van der Waals surface area contributed by atoms with Gasteiger partial charge in [0.1, 0.15) is 0 Å². The number of thiazole rings is 1. The van der Waals surface area contributed by atoms with Crippen molar-refractivity contribution in [2.75, 3.05) is 0 Å². The van der Waals surface area contributed by atoms with Gasteiger partial charge in [-0.1, -0.05) is 0 Å². The molecular formula is C8H9N3OS. The van der Waals surface area contributed by atoms with E-state index in [1.54, 1.807) is 29.4 Å². The van der Waals surface area contributed by atoms with Gasteiger partial charge >= 0.3 is 0 Å². The van der Waals surface area contributed by atoms with E-state index in [1.807, 2.05) is 9.95 Å². The van der Waals surface area contributed by atoms with E-state index in [0.717, 1.165) is 11.4 Å². The minimum absolute atomic E-state index is 0.0180. The number of rotatable bonds is 3. The second-order valence-corrected chi connectivity index (χ2v) is 3.37. The third kappa shape index (κ3) is 1.76. The Hall–Kier alpha value is -1.20. The smallest absolute Gasteiger partial charge is 0.0952 e. The largest absolute Gasteiger partial charge is 0.390 e. The van der Waals surface area contributed by atoms with Gasteiger partial charge < -0.3 is 9.67 Å². The fourth-order valence-electron chi connectivity index (χ4n) is 1.11. The molecule has 0 aliphatic heterocycles. The van der Waals surface area contributed by atoms with Crippen LogP contribution in [0.5, 0.6) is 0 Å². The van der Waals surface area contributed by atoms with Crippen molar-refractivity contribution in [2.45, 2.75) is 13.2 Å². The van der Waals surface area contributed by atoms with Crippen LogP contribution < -0.4 is 0 Å². The van der Waals surface area contributed by atoms with Gasteiger partial charge in [0.05, 0.1) is 42.6 Å². The number of nitrogens with zero attached hydrogens (tertiary/aromatic N) is 3. The van der Waals surface area contributed by atoms with Crippen LogP contribution in [0.3, 0.4) is 0 Å². The quantitative estimate of drug-likeness (QED) is 0.791. The molecule has 13 heavy (non-hydrogen) atoms. The van der Waals surface area contributed by atoms with Crippen molar-refractivity contribution in [3.8, 4) is 0 Å². The highest BCUT2D eigenvalue weighted by Crippen LogP contribution is 2.06. The van der Waals surface area contributed by atoms with Gasteiger partial charge in [0, 0.05) is 5.38 Å². The van der Waals surface area contributed by atoms with Crippen LogP contribution in [0.1, 0.15) is 11.4 Å². The molecule has 2 aromatic heterocycles. The molecule has 0 amide bonds. The Morgan fingerprint density at radius 2 is 2.46 bits per heavy atom.